The summed E-state index contributed by atoms with van der Waals surface area (Å²) in [5, 5.41) is 2.81. The molecule has 0 radical (unpaired) electrons. The van der Waals surface area contributed by atoms with E-state index < -0.39 is 0 Å². The zero-order chi connectivity index (χ0) is 14.3. The molecule has 0 saturated carbocycles. The monoisotopic (exact) mass is 262 g/mol. The second kappa shape index (κ2) is 7.59. The zero-order valence-corrected chi connectivity index (χ0v) is 11.9. The number of carbonyl (C=O) groups is 1. The molecule has 0 aliphatic heterocycles. The van der Waals surface area contributed by atoms with Crippen LogP contribution < -0.4 is 10.2 Å². The highest BCUT2D eigenvalue weighted by atomic mass is 16.5. The molecule has 0 unspecified atom stereocenters. The maximum atomic E-state index is 11.8. The van der Waals surface area contributed by atoms with Gasteiger partial charge in [0.25, 0.3) is 5.91 Å². The average Bonchev–Trinajstić information content (AvgIpc) is 2.37. The van der Waals surface area contributed by atoms with Gasteiger partial charge in [-0.3, -0.25) is 4.79 Å². The molecule has 104 valence electrons. The van der Waals surface area contributed by atoms with Crippen LogP contribution in [0.4, 0.5) is 5.69 Å². The molecule has 0 spiro atoms. The summed E-state index contributed by atoms with van der Waals surface area (Å²) in [4.78, 5) is 13.8. The molecular formula is C15H22N2O2. The summed E-state index contributed by atoms with van der Waals surface area (Å²) >= 11 is 0. The second-order valence-corrected chi connectivity index (χ2v) is 4.71. The summed E-state index contributed by atoms with van der Waals surface area (Å²) in [5.41, 5.74) is 2.71. The Hall–Kier alpha value is -1.81. The molecule has 1 aromatic rings. The predicted octanol–water partition coefficient (Wildman–Crippen LogP) is 2.08. The number of carbonyl (C=O) groups excluding carboxylic acids is 1. The molecule has 1 N–H and O–H groups in total. The molecular weight excluding hydrogens is 240 g/mol. The molecule has 4 nitrogen and oxygen atoms in total. The van der Waals surface area contributed by atoms with Crippen molar-refractivity contribution in [3.8, 4) is 0 Å². The topological polar surface area (TPSA) is 41.6 Å². The van der Waals surface area contributed by atoms with Crippen LogP contribution in [-0.2, 0) is 4.74 Å². The SMILES string of the molecule is C=C(C)COCCNC(=O)c1ccc(N(C)C)cc1. The Balaban J connectivity index is 2.35. The van der Waals surface area contributed by atoms with Crippen molar-refractivity contribution in [1.29, 1.82) is 0 Å². The van der Waals surface area contributed by atoms with E-state index in [2.05, 4.69) is 11.9 Å². The predicted molar refractivity (Wildman–Crippen MR) is 78.7 cm³/mol. The number of hydrogen-bond acceptors (Lipinski definition) is 3. The highest BCUT2D eigenvalue weighted by molar-refractivity contribution is 5.94. The van der Waals surface area contributed by atoms with E-state index in [1.54, 1.807) is 0 Å². The van der Waals surface area contributed by atoms with Crippen LogP contribution in [0, 0.1) is 0 Å². The first-order valence-corrected chi connectivity index (χ1v) is 6.28. The average molecular weight is 262 g/mol. The van der Waals surface area contributed by atoms with Crippen molar-refractivity contribution >= 4 is 11.6 Å². The van der Waals surface area contributed by atoms with E-state index in [4.69, 9.17) is 4.74 Å². The van der Waals surface area contributed by atoms with E-state index in [0.717, 1.165) is 11.3 Å². The van der Waals surface area contributed by atoms with Crippen molar-refractivity contribution in [2.45, 2.75) is 6.92 Å². The van der Waals surface area contributed by atoms with Crippen molar-refractivity contribution in [3.05, 3.63) is 42.0 Å². The van der Waals surface area contributed by atoms with Crippen LogP contribution in [0.3, 0.4) is 0 Å². The van der Waals surface area contributed by atoms with Crippen molar-refractivity contribution in [2.24, 2.45) is 0 Å². The molecule has 0 aromatic heterocycles. The van der Waals surface area contributed by atoms with Crippen molar-refractivity contribution in [1.82, 2.24) is 5.32 Å². The highest BCUT2D eigenvalue weighted by Gasteiger charge is 2.04. The lowest BCUT2D eigenvalue weighted by atomic mass is 10.2. The van der Waals surface area contributed by atoms with Gasteiger partial charge in [-0.15, -0.1) is 0 Å². The molecule has 0 bridgehead atoms. The number of amides is 1. The number of hydrogen-bond donors (Lipinski definition) is 1. The van der Waals surface area contributed by atoms with Gasteiger partial charge in [0.1, 0.15) is 0 Å². The molecule has 0 aliphatic carbocycles. The standard InChI is InChI=1S/C15H22N2O2/c1-12(2)11-19-10-9-16-15(18)13-5-7-14(8-6-13)17(3)4/h5-8H,1,9-11H2,2-4H3,(H,16,18). The maximum absolute atomic E-state index is 11.8. The third kappa shape index (κ3) is 5.57. The van der Waals surface area contributed by atoms with Crippen LogP contribution in [-0.4, -0.2) is 39.8 Å². The fourth-order valence-corrected chi connectivity index (χ4v) is 1.50. The van der Waals surface area contributed by atoms with Gasteiger partial charge < -0.3 is 15.0 Å². The minimum atomic E-state index is -0.0794. The van der Waals surface area contributed by atoms with E-state index in [9.17, 15) is 4.79 Å². The molecule has 19 heavy (non-hydrogen) atoms. The molecule has 1 amide bonds. The molecule has 1 aromatic carbocycles. The van der Waals surface area contributed by atoms with E-state index in [-0.39, 0.29) is 5.91 Å². The zero-order valence-electron chi connectivity index (χ0n) is 11.9. The van der Waals surface area contributed by atoms with Gasteiger partial charge in [0, 0.05) is 31.9 Å². The first kappa shape index (κ1) is 15.2. The van der Waals surface area contributed by atoms with Gasteiger partial charge in [0.2, 0.25) is 0 Å². The number of rotatable bonds is 7. The minimum absolute atomic E-state index is 0.0794. The quantitative estimate of drug-likeness (QED) is 0.604. The van der Waals surface area contributed by atoms with Gasteiger partial charge in [0.15, 0.2) is 0 Å². The summed E-state index contributed by atoms with van der Waals surface area (Å²) in [5.74, 6) is -0.0794. The molecule has 1 rings (SSSR count). The van der Waals surface area contributed by atoms with E-state index in [0.29, 0.717) is 25.3 Å². The summed E-state index contributed by atoms with van der Waals surface area (Å²) < 4.78 is 5.31. The van der Waals surface area contributed by atoms with Crippen molar-refractivity contribution < 1.29 is 9.53 Å². The fourth-order valence-electron chi connectivity index (χ4n) is 1.50. The Morgan fingerprint density at radius 2 is 1.95 bits per heavy atom. The van der Waals surface area contributed by atoms with Crippen LogP contribution in [0.5, 0.6) is 0 Å². The van der Waals surface area contributed by atoms with Gasteiger partial charge in [-0.2, -0.15) is 0 Å². The number of nitrogens with one attached hydrogen (secondary N) is 1. The first-order valence-electron chi connectivity index (χ1n) is 6.28. The van der Waals surface area contributed by atoms with E-state index in [1.165, 1.54) is 0 Å². The number of anilines is 1. The summed E-state index contributed by atoms with van der Waals surface area (Å²) in [7, 11) is 3.93. The van der Waals surface area contributed by atoms with Crippen LogP contribution in [0.15, 0.2) is 36.4 Å². The number of benzene rings is 1. The third-order valence-electron chi connectivity index (χ3n) is 2.53. The molecule has 4 heteroatoms. The smallest absolute Gasteiger partial charge is 0.251 e. The van der Waals surface area contributed by atoms with Crippen LogP contribution >= 0.6 is 0 Å². The Morgan fingerprint density at radius 1 is 1.32 bits per heavy atom. The largest absolute Gasteiger partial charge is 0.378 e. The fraction of sp³-hybridized carbons (Fsp3) is 0.400. The highest BCUT2D eigenvalue weighted by Crippen LogP contribution is 2.11. The van der Waals surface area contributed by atoms with Gasteiger partial charge in [0.05, 0.1) is 13.2 Å². The minimum Gasteiger partial charge on any atom is -0.378 e. The molecule has 0 atom stereocenters. The van der Waals surface area contributed by atoms with Gasteiger partial charge in [-0.1, -0.05) is 12.2 Å². The molecule has 0 saturated heterocycles. The van der Waals surface area contributed by atoms with Crippen LogP contribution in [0.1, 0.15) is 17.3 Å². The van der Waals surface area contributed by atoms with Gasteiger partial charge in [-0.05, 0) is 31.2 Å². The van der Waals surface area contributed by atoms with Gasteiger partial charge in [-0.25, -0.2) is 0 Å². The third-order valence-corrected chi connectivity index (χ3v) is 2.53. The van der Waals surface area contributed by atoms with Crippen molar-refractivity contribution in [2.75, 3.05) is 38.8 Å². The second-order valence-electron chi connectivity index (χ2n) is 4.71. The summed E-state index contributed by atoms with van der Waals surface area (Å²) in [6, 6.07) is 7.48. The normalized spacial score (nSPS) is 10.1. The Kier molecular flexibility index (Phi) is 6.09. The van der Waals surface area contributed by atoms with Gasteiger partial charge >= 0.3 is 0 Å². The number of ether oxygens (including phenoxy) is 1. The molecule has 0 aliphatic rings. The maximum Gasteiger partial charge on any atom is 0.251 e. The van der Waals surface area contributed by atoms with Crippen molar-refractivity contribution in [3.63, 3.8) is 0 Å². The number of nitrogens with zero attached hydrogens (tertiary/aromatic N) is 1. The summed E-state index contributed by atoms with van der Waals surface area (Å²) in [6.07, 6.45) is 0. The van der Waals surface area contributed by atoms with Crippen LogP contribution in [0.2, 0.25) is 0 Å². The van der Waals surface area contributed by atoms with E-state index >= 15 is 0 Å². The lowest BCUT2D eigenvalue weighted by Crippen LogP contribution is -2.27. The molecule has 0 fully saturated rings. The first-order chi connectivity index (χ1) is 9.00. The Morgan fingerprint density at radius 3 is 2.47 bits per heavy atom. The lowest BCUT2D eigenvalue weighted by molar-refractivity contribution is 0.0927. The molecule has 0 heterocycles. The Labute approximate surface area is 115 Å². The van der Waals surface area contributed by atoms with Crippen LogP contribution in [0.25, 0.3) is 0 Å². The Bertz CT molecular complexity index is 424. The lowest BCUT2D eigenvalue weighted by Gasteiger charge is -2.12. The summed E-state index contributed by atoms with van der Waals surface area (Å²) in [6.45, 7) is 7.18. The van der Waals surface area contributed by atoms with E-state index in [1.807, 2.05) is 50.2 Å².